The maximum absolute atomic E-state index is 5.34. The standard InChI is InChI=1S/C12H26N2OS/c1-3-16-10-4-5-13-12(2)11-14-6-8-15-9-7-14/h12-13H,3-11H2,1-2H3. The Kier molecular flexibility index (Phi) is 8.29. The van der Waals surface area contributed by atoms with E-state index in [2.05, 4.69) is 24.1 Å². The smallest absolute Gasteiger partial charge is 0.0594 e. The summed E-state index contributed by atoms with van der Waals surface area (Å²) in [6, 6.07) is 0.602. The normalized spacial score (nSPS) is 19.9. The van der Waals surface area contributed by atoms with Crippen molar-refractivity contribution in [2.45, 2.75) is 26.3 Å². The quantitative estimate of drug-likeness (QED) is 0.655. The molecule has 1 heterocycles. The van der Waals surface area contributed by atoms with Crippen LogP contribution in [0, 0.1) is 0 Å². The molecule has 1 rings (SSSR count). The van der Waals surface area contributed by atoms with Gasteiger partial charge in [0.05, 0.1) is 13.2 Å². The molecule has 1 saturated heterocycles. The predicted octanol–water partition coefficient (Wildman–Crippen LogP) is 1.44. The third-order valence-electron chi connectivity index (χ3n) is 2.80. The summed E-state index contributed by atoms with van der Waals surface area (Å²) in [6.07, 6.45) is 1.28. The van der Waals surface area contributed by atoms with Gasteiger partial charge in [0.2, 0.25) is 0 Å². The van der Waals surface area contributed by atoms with Gasteiger partial charge in [-0.3, -0.25) is 4.90 Å². The maximum atomic E-state index is 5.34. The van der Waals surface area contributed by atoms with Crippen molar-refractivity contribution in [1.29, 1.82) is 0 Å². The van der Waals surface area contributed by atoms with E-state index in [0.29, 0.717) is 6.04 Å². The zero-order chi connectivity index (χ0) is 11.6. The summed E-state index contributed by atoms with van der Waals surface area (Å²) in [4.78, 5) is 2.49. The summed E-state index contributed by atoms with van der Waals surface area (Å²) < 4.78 is 5.34. The predicted molar refractivity (Wildman–Crippen MR) is 72.3 cm³/mol. The lowest BCUT2D eigenvalue weighted by Gasteiger charge is -2.29. The van der Waals surface area contributed by atoms with Crippen LogP contribution < -0.4 is 5.32 Å². The molecule has 3 nitrogen and oxygen atoms in total. The Morgan fingerprint density at radius 1 is 1.38 bits per heavy atom. The Morgan fingerprint density at radius 2 is 2.12 bits per heavy atom. The molecule has 1 fully saturated rings. The molecule has 1 atom stereocenters. The molecule has 1 aliphatic heterocycles. The van der Waals surface area contributed by atoms with Crippen LogP contribution in [0.25, 0.3) is 0 Å². The van der Waals surface area contributed by atoms with Crippen LogP contribution >= 0.6 is 11.8 Å². The zero-order valence-electron chi connectivity index (χ0n) is 10.7. The number of thioether (sulfide) groups is 1. The summed E-state index contributed by atoms with van der Waals surface area (Å²) in [7, 11) is 0. The van der Waals surface area contributed by atoms with Gasteiger partial charge in [0, 0.05) is 25.7 Å². The molecule has 0 bridgehead atoms. The molecule has 4 heteroatoms. The van der Waals surface area contributed by atoms with E-state index < -0.39 is 0 Å². The Hall–Kier alpha value is 0.230. The Balaban J connectivity index is 1.95. The van der Waals surface area contributed by atoms with Gasteiger partial charge in [-0.05, 0) is 31.4 Å². The third kappa shape index (κ3) is 6.74. The number of morpholine rings is 1. The van der Waals surface area contributed by atoms with Gasteiger partial charge in [0.25, 0.3) is 0 Å². The molecule has 0 amide bonds. The second-order valence-corrected chi connectivity index (χ2v) is 5.71. The van der Waals surface area contributed by atoms with Crippen LogP contribution in [0.3, 0.4) is 0 Å². The fraction of sp³-hybridized carbons (Fsp3) is 1.00. The molecule has 1 unspecified atom stereocenters. The molecule has 0 aromatic carbocycles. The summed E-state index contributed by atoms with van der Waals surface area (Å²) in [5, 5.41) is 3.59. The van der Waals surface area contributed by atoms with Crippen molar-refractivity contribution >= 4 is 11.8 Å². The van der Waals surface area contributed by atoms with Crippen LogP contribution in [-0.2, 0) is 4.74 Å². The average Bonchev–Trinajstić information content (AvgIpc) is 2.30. The Morgan fingerprint density at radius 3 is 2.81 bits per heavy atom. The van der Waals surface area contributed by atoms with E-state index in [1.807, 2.05) is 11.8 Å². The minimum absolute atomic E-state index is 0.602. The second-order valence-electron chi connectivity index (χ2n) is 4.32. The van der Waals surface area contributed by atoms with Crippen LogP contribution in [0.2, 0.25) is 0 Å². The molecule has 0 aromatic rings. The van der Waals surface area contributed by atoms with Crippen molar-refractivity contribution in [3.05, 3.63) is 0 Å². The number of ether oxygens (including phenoxy) is 1. The Labute approximate surface area is 104 Å². The molecule has 16 heavy (non-hydrogen) atoms. The fourth-order valence-corrected chi connectivity index (χ4v) is 2.54. The van der Waals surface area contributed by atoms with Crippen molar-refractivity contribution < 1.29 is 4.74 Å². The molecule has 96 valence electrons. The summed E-state index contributed by atoms with van der Waals surface area (Å²) in [5.41, 5.74) is 0. The lowest BCUT2D eigenvalue weighted by molar-refractivity contribution is 0.0344. The van der Waals surface area contributed by atoms with Crippen LogP contribution in [0.4, 0.5) is 0 Å². The molecule has 0 aromatic heterocycles. The molecular weight excluding hydrogens is 220 g/mol. The molecule has 0 aliphatic carbocycles. The van der Waals surface area contributed by atoms with Gasteiger partial charge in [-0.25, -0.2) is 0 Å². The number of nitrogens with one attached hydrogen (secondary N) is 1. The highest BCUT2D eigenvalue weighted by atomic mass is 32.2. The van der Waals surface area contributed by atoms with E-state index in [0.717, 1.165) is 39.4 Å². The Bertz CT molecular complexity index is 163. The SMILES string of the molecule is CCSCCCNC(C)CN1CCOCC1. The van der Waals surface area contributed by atoms with Gasteiger partial charge >= 0.3 is 0 Å². The van der Waals surface area contributed by atoms with Gasteiger partial charge < -0.3 is 10.1 Å². The third-order valence-corrected chi connectivity index (χ3v) is 3.78. The minimum atomic E-state index is 0.602. The minimum Gasteiger partial charge on any atom is -0.379 e. The monoisotopic (exact) mass is 246 g/mol. The van der Waals surface area contributed by atoms with Crippen molar-refractivity contribution in [2.75, 3.05) is 50.9 Å². The van der Waals surface area contributed by atoms with Gasteiger partial charge in [-0.2, -0.15) is 11.8 Å². The highest BCUT2D eigenvalue weighted by Crippen LogP contribution is 2.01. The van der Waals surface area contributed by atoms with E-state index in [1.165, 1.54) is 17.9 Å². The van der Waals surface area contributed by atoms with Crippen LogP contribution in [-0.4, -0.2) is 61.8 Å². The van der Waals surface area contributed by atoms with Gasteiger partial charge in [0.15, 0.2) is 0 Å². The first kappa shape index (κ1) is 14.3. The van der Waals surface area contributed by atoms with Crippen LogP contribution in [0.5, 0.6) is 0 Å². The highest BCUT2D eigenvalue weighted by molar-refractivity contribution is 7.99. The zero-order valence-corrected chi connectivity index (χ0v) is 11.5. The number of hydrogen-bond acceptors (Lipinski definition) is 4. The highest BCUT2D eigenvalue weighted by Gasteiger charge is 2.12. The van der Waals surface area contributed by atoms with Gasteiger partial charge in [0.1, 0.15) is 0 Å². The van der Waals surface area contributed by atoms with E-state index >= 15 is 0 Å². The summed E-state index contributed by atoms with van der Waals surface area (Å²) >= 11 is 2.03. The average molecular weight is 246 g/mol. The van der Waals surface area contributed by atoms with Gasteiger partial charge in [-0.15, -0.1) is 0 Å². The molecule has 1 N–H and O–H groups in total. The first-order valence-corrected chi connectivity index (χ1v) is 7.59. The molecular formula is C12H26N2OS. The maximum Gasteiger partial charge on any atom is 0.0594 e. The molecule has 0 saturated carbocycles. The number of nitrogens with zero attached hydrogens (tertiary/aromatic N) is 1. The van der Waals surface area contributed by atoms with E-state index in [1.54, 1.807) is 0 Å². The molecule has 0 radical (unpaired) electrons. The van der Waals surface area contributed by atoms with E-state index in [-0.39, 0.29) is 0 Å². The topological polar surface area (TPSA) is 24.5 Å². The molecule has 0 spiro atoms. The van der Waals surface area contributed by atoms with Crippen molar-refractivity contribution in [2.24, 2.45) is 0 Å². The van der Waals surface area contributed by atoms with Crippen LogP contribution in [0.1, 0.15) is 20.3 Å². The summed E-state index contributed by atoms with van der Waals surface area (Å²) in [6.45, 7) is 10.8. The van der Waals surface area contributed by atoms with E-state index in [4.69, 9.17) is 4.74 Å². The first-order valence-electron chi connectivity index (χ1n) is 6.44. The first-order chi connectivity index (χ1) is 7.83. The fourth-order valence-electron chi connectivity index (χ4n) is 1.90. The lowest BCUT2D eigenvalue weighted by Crippen LogP contribution is -2.44. The van der Waals surface area contributed by atoms with Crippen molar-refractivity contribution in [3.63, 3.8) is 0 Å². The second kappa shape index (κ2) is 9.28. The summed E-state index contributed by atoms with van der Waals surface area (Å²) in [5.74, 6) is 2.52. The van der Waals surface area contributed by atoms with Crippen molar-refractivity contribution in [3.8, 4) is 0 Å². The van der Waals surface area contributed by atoms with Gasteiger partial charge in [-0.1, -0.05) is 6.92 Å². The largest absolute Gasteiger partial charge is 0.379 e. The number of hydrogen-bond donors (Lipinski definition) is 1. The van der Waals surface area contributed by atoms with Crippen molar-refractivity contribution in [1.82, 2.24) is 10.2 Å². The molecule has 1 aliphatic rings. The lowest BCUT2D eigenvalue weighted by atomic mass is 10.3. The van der Waals surface area contributed by atoms with Crippen LogP contribution in [0.15, 0.2) is 0 Å². The number of rotatable bonds is 8. The van der Waals surface area contributed by atoms with E-state index in [9.17, 15) is 0 Å².